The summed E-state index contributed by atoms with van der Waals surface area (Å²) in [4.78, 5) is 4.54. The van der Waals surface area contributed by atoms with Gasteiger partial charge in [-0.15, -0.1) is 0 Å². The molecule has 0 unspecified atom stereocenters. The number of rotatable bonds is 7. The number of halogens is 3. The van der Waals surface area contributed by atoms with E-state index >= 15 is 0 Å². The third-order valence-corrected chi connectivity index (χ3v) is 5.67. The Hall–Kier alpha value is -2.96. The molecule has 0 aliphatic rings. The summed E-state index contributed by atoms with van der Waals surface area (Å²) in [7, 11) is 0. The summed E-state index contributed by atoms with van der Waals surface area (Å²) in [6.07, 6.45) is 1.78. The number of nitrogens with zero attached hydrogens (tertiary/aromatic N) is 1. The quantitative estimate of drug-likeness (QED) is 0.214. The van der Waals surface area contributed by atoms with Crippen molar-refractivity contribution in [2.75, 3.05) is 0 Å². The first kappa shape index (κ1) is 22.2. The van der Waals surface area contributed by atoms with Crippen molar-refractivity contribution in [2.45, 2.75) is 6.61 Å². The number of para-hydroxylation sites is 1. The SMILES string of the molecule is Fc1ccc(COc2c(Br)cc(C=Nc3ccc(Oc4ccccc4)cc3)cc2Br)cc1. The Morgan fingerprint density at radius 2 is 1.41 bits per heavy atom. The number of ether oxygens (including phenoxy) is 2. The van der Waals surface area contributed by atoms with Crippen LogP contribution in [0.3, 0.4) is 0 Å². The van der Waals surface area contributed by atoms with Gasteiger partial charge in [-0.05, 0) is 104 Å². The van der Waals surface area contributed by atoms with Gasteiger partial charge in [0.1, 0.15) is 29.7 Å². The van der Waals surface area contributed by atoms with E-state index in [4.69, 9.17) is 9.47 Å². The predicted molar refractivity (Wildman–Crippen MR) is 133 cm³/mol. The van der Waals surface area contributed by atoms with Crippen molar-refractivity contribution < 1.29 is 13.9 Å². The van der Waals surface area contributed by atoms with Gasteiger partial charge in [0.15, 0.2) is 0 Å². The predicted octanol–water partition coefficient (Wildman–Crippen LogP) is 8.47. The van der Waals surface area contributed by atoms with Gasteiger partial charge in [0.25, 0.3) is 0 Å². The zero-order valence-electron chi connectivity index (χ0n) is 16.8. The van der Waals surface area contributed by atoms with Crippen LogP contribution >= 0.6 is 31.9 Å². The van der Waals surface area contributed by atoms with E-state index in [0.29, 0.717) is 12.4 Å². The first-order valence-electron chi connectivity index (χ1n) is 9.80. The van der Waals surface area contributed by atoms with E-state index in [1.807, 2.05) is 66.7 Å². The first-order valence-corrected chi connectivity index (χ1v) is 11.4. The summed E-state index contributed by atoms with van der Waals surface area (Å²) < 4.78 is 26.3. The van der Waals surface area contributed by atoms with Gasteiger partial charge in [0, 0.05) is 6.21 Å². The minimum atomic E-state index is -0.266. The third kappa shape index (κ3) is 6.05. The molecular weight excluding hydrogens is 537 g/mol. The molecule has 0 atom stereocenters. The van der Waals surface area contributed by atoms with Crippen molar-refractivity contribution in [3.05, 3.63) is 117 Å². The second-order valence-corrected chi connectivity index (χ2v) is 8.60. The maximum atomic E-state index is 13.1. The van der Waals surface area contributed by atoms with Gasteiger partial charge in [0.05, 0.1) is 14.6 Å². The molecule has 0 aromatic heterocycles. The van der Waals surface area contributed by atoms with Crippen LogP contribution in [0.1, 0.15) is 11.1 Å². The molecule has 0 saturated heterocycles. The van der Waals surface area contributed by atoms with E-state index in [2.05, 4.69) is 36.9 Å². The van der Waals surface area contributed by atoms with Crippen molar-refractivity contribution in [1.82, 2.24) is 0 Å². The summed E-state index contributed by atoms with van der Waals surface area (Å²) in [6, 6.07) is 27.3. The molecule has 0 saturated carbocycles. The fourth-order valence-electron chi connectivity index (χ4n) is 2.90. The van der Waals surface area contributed by atoms with Crippen molar-refractivity contribution in [3.8, 4) is 17.2 Å². The van der Waals surface area contributed by atoms with E-state index < -0.39 is 0 Å². The second kappa shape index (κ2) is 10.6. The molecule has 0 N–H and O–H groups in total. The van der Waals surface area contributed by atoms with Crippen LogP contribution in [0.25, 0.3) is 0 Å². The lowest BCUT2D eigenvalue weighted by Gasteiger charge is -2.11. The van der Waals surface area contributed by atoms with Gasteiger partial charge in [-0.2, -0.15) is 0 Å². The second-order valence-electron chi connectivity index (χ2n) is 6.90. The zero-order valence-corrected chi connectivity index (χ0v) is 20.0. The topological polar surface area (TPSA) is 30.8 Å². The Kier molecular flexibility index (Phi) is 7.35. The highest BCUT2D eigenvalue weighted by atomic mass is 79.9. The maximum absolute atomic E-state index is 13.1. The zero-order chi connectivity index (χ0) is 22.3. The highest BCUT2D eigenvalue weighted by Gasteiger charge is 2.09. The van der Waals surface area contributed by atoms with Gasteiger partial charge in [-0.1, -0.05) is 30.3 Å². The van der Waals surface area contributed by atoms with Crippen LogP contribution in [-0.4, -0.2) is 6.21 Å². The van der Waals surface area contributed by atoms with Crippen LogP contribution in [0, 0.1) is 5.82 Å². The Morgan fingerprint density at radius 1 is 0.781 bits per heavy atom. The average molecular weight is 555 g/mol. The highest BCUT2D eigenvalue weighted by molar-refractivity contribution is 9.11. The van der Waals surface area contributed by atoms with Crippen LogP contribution in [0.15, 0.2) is 105 Å². The van der Waals surface area contributed by atoms with E-state index in [1.165, 1.54) is 12.1 Å². The van der Waals surface area contributed by atoms with E-state index in [0.717, 1.165) is 37.3 Å². The van der Waals surface area contributed by atoms with Crippen LogP contribution in [0.5, 0.6) is 17.2 Å². The molecule has 6 heteroatoms. The molecule has 4 rings (SSSR count). The Bertz CT molecular complexity index is 1190. The molecule has 4 aromatic rings. The molecule has 4 aromatic carbocycles. The van der Waals surface area contributed by atoms with Crippen molar-refractivity contribution in [1.29, 1.82) is 0 Å². The molecule has 3 nitrogen and oxygen atoms in total. The lowest BCUT2D eigenvalue weighted by Crippen LogP contribution is -1.98. The van der Waals surface area contributed by atoms with Crippen molar-refractivity contribution in [3.63, 3.8) is 0 Å². The molecule has 0 aliphatic heterocycles. The van der Waals surface area contributed by atoms with Crippen LogP contribution in [-0.2, 0) is 6.61 Å². The van der Waals surface area contributed by atoms with Gasteiger partial charge in [-0.25, -0.2) is 4.39 Å². The summed E-state index contributed by atoms with van der Waals surface area (Å²) >= 11 is 7.11. The van der Waals surface area contributed by atoms with E-state index in [9.17, 15) is 4.39 Å². The van der Waals surface area contributed by atoms with E-state index in [-0.39, 0.29) is 5.82 Å². The van der Waals surface area contributed by atoms with Gasteiger partial charge < -0.3 is 9.47 Å². The Labute approximate surface area is 202 Å². The molecule has 0 fully saturated rings. The lowest BCUT2D eigenvalue weighted by molar-refractivity contribution is 0.302. The highest BCUT2D eigenvalue weighted by Crippen LogP contribution is 2.35. The summed E-state index contributed by atoms with van der Waals surface area (Å²) in [5.41, 5.74) is 2.60. The van der Waals surface area contributed by atoms with Crippen molar-refractivity contribution >= 4 is 43.8 Å². The van der Waals surface area contributed by atoms with Crippen LogP contribution < -0.4 is 9.47 Å². The lowest BCUT2D eigenvalue weighted by atomic mass is 10.2. The molecular formula is C26H18Br2FNO2. The largest absolute Gasteiger partial charge is 0.487 e. The fourth-order valence-corrected chi connectivity index (χ4v) is 4.35. The van der Waals surface area contributed by atoms with Crippen LogP contribution in [0.2, 0.25) is 0 Å². The summed E-state index contributed by atoms with van der Waals surface area (Å²) in [5, 5.41) is 0. The Morgan fingerprint density at radius 3 is 2.06 bits per heavy atom. The smallest absolute Gasteiger partial charge is 0.148 e. The van der Waals surface area contributed by atoms with Crippen molar-refractivity contribution in [2.24, 2.45) is 4.99 Å². The van der Waals surface area contributed by atoms with Crippen LogP contribution in [0.4, 0.5) is 10.1 Å². The normalized spacial score (nSPS) is 11.0. The molecule has 0 spiro atoms. The molecule has 0 radical (unpaired) electrons. The molecule has 160 valence electrons. The fraction of sp³-hybridized carbons (Fsp3) is 0.0385. The minimum absolute atomic E-state index is 0.266. The molecule has 0 heterocycles. The van der Waals surface area contributed by atoms with Gasteiger partial charge in [-0.3, -0.25) is 4.99 Å². The number of hydrogen-bond donors (Lipinski definition) is 0. The minimum Gasteiger partial charge on any atom is -0.487 e. The average Bonchev–Trinajstić information content (AvgIpc) is 2.80. The molecule has 32 heavy (non-hydrogen) atoms. The summed E-state index contributed by atoms with van der Waals surface area (Å²) in [5.74, 6) is 1.95. The first-order chi connectivity index (χ1) is 15.6. The molecule has 0 aliphatic carbocycles. The van der Waals surface area contributed by atoms with E-state index in [1.54, 1.807) is 18.3 Å². The monoisotopic (exact) mass is 553 g/mol. The maximum Gasteiger partial charge on any atom is 0.148 e. The van der Waals surface area contributed by atoms with Gasteiger partial charge in [0.2, 0.25) is 0 Å². The number of benzene rings is 4. The standard InChI is InChI=1S/C26H18Br2FNO2/c27-24-14-19(15-25(28)26(24)31-17-18-6-8-20(29)9-7-18)16-30-21-10-12-23(13-11-21)32-22-4-2-1-3-5-22/h1-16H,17H2. The van der Waals surface area contributed by atoms with Gasteiger partial charge >= 0.3 is 0 Å². The summed E-state index contributed by atoms with van der Waals surface area (Å²) in [6.45, 7) is 0.336. The molecule has 0 amide bonds. The number of hydrogen-bond acceptors (Lipinski definition) is 3. The third-order valence-electron chi connectivity index (χ3n) is 4.50. The Balaban J connectivity index is 1.41. The number of aliphatic imine (C=N–C) groups is 1. The molecule has 0 bridgehead atoms.